The first-order valence-electron chi connectivity index (χ1n) is 16.5. The molecule has 0 bridgehead atoms. The first kappa shape index (κ1) is 30.7. The molecule has 2 aliphatic carbocycles. The second-order valence-electron chi connectivity index (χ2n) is 12.8. The van der Waals surface area contributed by atoms with Crippen LogP contribution in [-0.4, -0.2) is 6.61 Å². The van der Waals surface area contributed by atoms with E-state index in [2.05, 4.69) is 13.8 Å². The average molecular weight is 577 g/mol. The molecule has 0 unspecified atom stereocenters. The van der Waals surface area contributed by atoms with Crippen molar-refractivity contribution in [1.82, 2.24) is 0 Å². The molecule has 1 nitrogen and oxygen atoms in total. The molecule has 3 aromatic rings. The summed E-state index contributed by atoms with van der Waals surface area (Å²) in [5.74, 6) is 0.876. The molecule has 2 fully saturated rings. The van der Waals surface area contributed by atoms with Gasteiger partial charge < -0.3 is 4.74 Å². The van der Waals surface area contributed by atoms with Gasteiger partial charge in [-0.3, -0.25) is 0 Å². The maximum atomic E-state index is 15.4. The van der Waals surface area contributed by atoms with Crippen LogP contribution in [0.4, 0.5) is 13.2 Å². The molecular formula is C38H47F3O. The van der Waals surface area contributed by atoms with Crippen molar-refractivity contribution in [3.05, 3.63) is 77.6 Å². The van der Waals surface area contributed by atoms with Crippen LogP contribution in [0.2, 0.25) is 0 Å². The third-order valence-corrected chi connectivity index (χ3v) is 10.0. The van der Waals surface area contributed by atoms with Crippen LogP contribution in [0.1, 0.15) is 109 Å². The third-order valence-electron chi connectivity index (χ3n) is 10.0. The van der Waals surface area contributed by atoms with Crippen molar-refractivity contribution in [1.29, 1.82) is 0 Å². The Balaban J connectivity index is 1.19. The molecule has 42 heavy (non-hydrogen) atoms. The molecule has 2 saturated carbocycles. The van der Waals surface area contributed by atoms with Crippen molar-refractivity contribution in [2.75, 3.05) is 6.61 Å². The van der Waals surface area contributed by atoms with Gasteiger partial charge in [0.05, 0.1) is 6.61 Å². The van der Waals surface area contributed by atoms with Crippen LogP contribution >= 0.6 is 0 Å². The van der Waals surface area contributed by atoms with Gasteiger partial charge >= 0.3 is 0 Å². The van der Waals surface area contributed by atoms with Gasteiger partial charge in [0.25, 0.3) is 0 Å². The SMILES string of the molecule is CCCCCOc1ccc(-c2ccc(-c3ccc(C4CCC(C5CCC(CCC)CC5)CC4)c(F)c3)cc2)c(F)c1F. The fourth-order valence-electron chi connectivity index (χ4n) is 7.54. The lowest BCUT2D eigenvalue weighted by atomic mass is 9.68. The zero-order valence-electron chi connectivity index (χ0n) is 25.4. The smallest absolute Gasteiger partial charge is 0.201 e. The predicted molar refractivity (Wildman–Crippen MR) is 167 cm³/mol. The summed E-state index contributed by atoms with van der Waals surface area (Å²) in [6, 6.07) is 15.9. The normalized spacial score (nSPS) is 22.7. The van der Waals surface area contributed by atoms with Crippen LogP contribution in [0.3, 0.4) is 0 Å². The molecule has 226 valence electrons. The number of benzene rings is 3. The summed E-state index contributed by atoms with van der Waals surface area (Å²) in [6.07, 6.45) is 15.7. The van der Waals surface area contributed by atoms with Gasteiger partial charge in [0.2, 0.25) is 5.82 Å². The molecule has 0 amide bonds. The minimum atomic E-state index is -0.959. The van der Waals surface area contributed by atoms with Gasteiger partial charge in [-0.05, 0) is 109 Å². The highest BCUT2D eigenvalue weighted by Gasteiger charge is 2.32. The van der Waals surface area contributed by atoms with E-state index in [-0.39, 0.29) is 17.1 Å². The highest BCUT2D eigenvalue weighted by atomic mass is 19.2. The van der Waals surface area contributed by atoms with Gasteiger partial charge in [-0.15, -0.1) is 0 Å². The number of hydrogen-bond donors (Lipinski definition) is 0. The molecular weight excluding hydrogens is 529 g/mol. The summed E-state index contributed by atoms with van der Waals surface area (Å²) in [5, 5.41) is 0. The molecule has 2 aliphatic rings. The van der Waals surface area contributed by atoms with Crippen LogP contribution in [0.15, 0.2) is 54.6 Å². The van der Waals surface area contributed by atoms with E-state index in [0.717, 1.165) is 66.5 Å². The van der Waals surface area contributed by atoms with Crippen LogP contribution in [0, 0.1) is 35.2 Å². The Bertz CT molecular complexity index is 1280. The maximum absolute atomic E-state index is 15.4. The van der Waals surface area contributed by atoms with Crippen molar-refractivity contribution >= 4 is 0 Å². The number of halogens is 3. The summed E-state index contributed by atoms with van der Waals surface area (Å²) < 4.78 is 50.4. The lowest BCUT2D eigenvalue weighted by Crippen LogP contribution is -2.25. The number of ether oxygens (including phenoxy) is 1. The van der Waals surface area contributed by atoms with E-state index in [1.807, 2.05) is 24.3 Å². The fourth-order valence-corrected chi connectivity index (χ4v) is 7.54. The van der Waals surface area contributed by atoms with E-state index in [1.165, 1.54) is 57.4 Å². The first-order valence-corrected chi connectivity index (χ1v) is 16.5. The molecule has 4 heteroatoms. The molecule has 5 rings (SSSR count). The van der Waals surface area contributed by atoms with Gasteiger partial charge in [0.1, 0.15) is 5.82 Å². The van der Waals surface area contributed by atoms with Gasteiger partial charge in [-0.25, -0.2) is 8.78 Å². The van der Waals surface area contributed by atoms with Gasteiger partial charge in [-0.2, -0.15) is 4.39 Å². The van der Waals surface area contributed by atoms with Crippen molar-refractivity contribution < 1.29 is 17.9 Å². The molecule has 0 aliphatic heterocycles. The molecule has 0 aromatic heterocycles. The average Bonchev–Trinajstić information content (AvgIpc) is 3.02. The Labute approximate surface area is 250 Å². The number of hydrogen-bond acceptors (Lipinski definition) is 1. The third kappa shape index (κ3) is 7.24. The molecule has 0 N–H and O–H groups in total. The Morgan fingerprint density at radius 1 is 0.643 bits per heavy atom. The zero-order valence-corrected chi connectivity index (χ0v) is 25.4. The van der Waals surface area contributed by atoms with E-state index >= 15 is 4.39 Å². The Morgan fingerprint density at radius 3 is 1.93 bits per heavy atom. The van der Waals surface area contributed by atoms with Crippen molar-refractivity contribution in [2.45, 2.75) is 103 Å². The van der Waals surface area contributed by atoms with E-state index in [0.29, 0.717) is 18.1 Å². The van der Waals surface area contributed by atoms with Crippen molar-refractivity contribution in [3.8, 4) is 28.0 Å². The van der Waals surface area contributed by atoms with Gasteiger partial charge in [0, 0.05) is 5.56 Å². The Hall–Kier alpha value is -2.75. The standard InChI is InChI=1S/C38H47F3O/c1-3-5-6-24-42-36-23-22-34(37(40)38(36)41)31-18-14-29(15-19-31)32-20-21-33(35(39)25-32)30-16-12-28(13-17-30)27-10-8-26(7-4-2)9-11-27/h14-15,18-23,25-28,30H,3-13,16-17,24H2,1-2H3. The molecule has 0 heterocycles. The lowest BCUT2D eigenvalue weighted by molar-refractivity contribution is 0.156. The van der Waals surface area contributed by atoms with E-state index in [4.69, 9.17) is 4.74 Å². The topological polar surface area (TPSA) is 9.23 Å². The first-order chi connectivity index (χ1) is 20.5. The van der Waals surface area contributed by atoms with E-state index in [1.54, 1.807) is 24.3 Å². The fraction of sp³-hybridized carbons (Fsp3) is 0.526. The van der Waals surface area contributed by atoms with Crippen LogP contribution in [-0.2, 0) is 0 Å². The molecule has 0 radical (unpaired) electrons. The Morgan fingerprint density at radius 2 is 1.29 bits per heavy atom. The van der Waals surface area contributed by atoms with Crippen LogP contribution in [0.5, 0.6) is 5.75 Å². The summed E-state index contributed by atoms with van der Waals surface area (Å²) in [7, 11) is 0. The van der Waals surface area contributed by atoms with E-state index < -0.39 is 11.6 Å². The molecule has 3 aromatic carbocycles. The largest absolute Gasteiger partial charge is 0.490 e. The minimum Gasteiger partial charge on any atom is -0.490 e. The Kier molecular flexibility index (Phi) is 10.7. The predicted octanol–water partition coefficient (Wildman–Crippen LogP) is 11.9. The van der Waals surface area contributed by atoms with Crippen LogP contribution in [0.25, 0.3) is 22.3 Å². The number of unbranched alkanes of at least 4 members (excludes halogenated alkanes) is 2. The molecule has 0 saturated heterocycles. The lowest BCUT2D eigenvalue weighted by Gasteiger charge is -2.38. The summed E-state index contributed by atoms with van der Waals surface area (Å²) >= 11 is 0. The second kappa shape index (κ2) is 14.6. The maximum Gasteiger partial charge on any atom is 0.201 e. The molecule has 0 atom stereocenters. The summed E-state index contributed by atoms with van der Waals surface area (Å²) in [6.45, 7) is 4.75. The highest BCUT2D eigenvalue weighted by molar-refractivity contribution is 5.71. The van der Waals surface area contributed by atoms with Gasteiger partial charge in [0.15, 0.2) is 11.6 Å². The zero-order chi connectivity index (χ0) is 29.5. The molecule has 0 spiro atoms. The summed E-state index contributed by atoms with van der Waals surface area (Å²) in [4.78, 5) is 0. The van der Waals surface area contributed by atoms with Gasteiger partial charge in [-0.1, -0.05) is 88.8 Å². The monoisotopic (exact) mass is 576 g/mol. The quantitative estimate of drug-likeness (QED) is 0.206. The number of rotatable bonds is 11. The minimum absolute atomic E-state index is 0.0532. The highest BCUT2D eigenvalue weighted by Crippen LogP contribution is 2.45. The van der Waals surface area contributed by atoms with Crippen molar-refractivity contribution in [2.24, 2.45) is 17.8 Å². The second-order valence-corrected chi connectivity index (χ2v) is 12.8. The van der Waals surface area contributed by atoms with Crippen molar-refractivity contribution in [3.63, 3.8) is 0 Å². The van der Waals surface area contributed by atoms with E-state index in [9.17, 15) is 8.78 Å². The van der Waals surface area contributed by atoms with Crippen LogP contribution < -0.4 is 4.74 Å². The summed E-state index contributed by atoms with van der Waals surface area (Å²) in [5.41, 5.74) is 3.24.